The lowest BCUT2D eigenvalue weighted by Crippen LogP contribution is -2.43. The van der Waals surface area contributed by atoms with E-state index in [1.807, 2.05) is 55.5 Å². The van der Waals surface area contributed by atoms with Gasteiger partial charge in [0.1, 0.15) is 5.82 Å². The van der Waals surface area contributed by atoms with Gasteiger partial charge in [0.05, 0.1) is 11.5 Å². The number of aryl methyl sites for hydroxylation is 1. The molecule has 0 saturated heterocycles. The number of allylic oxidation sites excluding steroid dienone is 1. The second kappa shape index (κ2) is 8.82. The van der Waals surface area contributed by atoms with Crippen LogP contribution in [0.5, 0.6) is 0 Å². The van der Waals surface area contributed by atoms with Gasteiger partial charge < -0.3 is 10.6 Å². The molecule has 1 aromatic heterocycles. The highest BCUT2D eigenvalue weighted by Crippen LogP contribution is 2.40. The Morgan fingerprint density at radius 2 is 1.62 bits per heavy atom. The van der Waals surface area contributed by atoms with Crippen molar-refractivity contribution in [2.45, 2.75) is 39.5 Å². The van der Waals surface area contributed by atoms with E-state index in [4.69, 9.17) is 0 Å². The fourth-order valence-electron chi connectivity index (χ4n) is 4.50. The van der Waals surface area contributed by atoms with E-state index in [0.29, 0.717) is 34.3 Å². The summed E-state index contributed by atoms with van der Waals surface area (Å²) in [5, 5.41) is 6.18. The minimum atomic E-state index is -0.632. The van der Waals surface area contributed by atoms with Crippen LogP contribution in [0.4, 0.5) is 11.5 Å². The number of hydrogen-bond acceptors (Lipinski definition) is 4. The third-order valence-electron chi connectivity index (χ3n) is 6.56. The van der Waals surface area contributed by atoms with Gasteiger partial charge in [0.25, 0.3) is 11.5 Å². The van der Waals surface area contributed by atoms with Crippen molar-refractivity contribution >= 4 is 17.4 Å². The second-order valence-electron chi connectivity index (χ2n) is 9.16. The first-order valence-electron chi connectivity index (χ1n) is 11.4. The Balaban J connectivity index is 1.93. The molecule has 1 amide bonds. The van der Waals surface area contributed by atoms with Crippen molar-refractivity contribution in [3.63, 3.8) is 0 Å². The van der Waals surface area contributed by atoms with Crippen LogP contribution in [0, 0.1) is 6.92 Å². The molecule has 34 heavy (non-hydrogen) atoms. The molecule has 1 aliphatic rings. The average Bonchev–Trinajstić information content (AvgIpc) is 2.82. The first kappa shape index (κ1) is 23.3. The topological polar surface area (TPSA) is 85.1 Å². The normalized spacial score (nSPS) is 15.2. The van der Waals surface area contributed by atoms with Crippen molar-refractivity contribution in [3.8, 4) is 0 Å². The van der Waals surface area contributed by atoms with E-state index in [0.717, 1.165) is 21.3 Å². The van der Waals surface area contributed by atoms with Gasteiger partial charge in [-0.3, -0.25) is 18.7 Å². The van der Waals surface area contributed by atoms with Crippen LogP contribution in [0.25, 0.3) is 0 Å². The molecular formula is C27H30N4O3. The monoisotopic (exact) mass is 458 g/mol. The van der Waals surface area contributed by atoms with Gasteiger partial charge in [-0.05, 0) is 42.5 Å². The molecule has 4 rings (SSSR count). The standard InChI is InChI=1S/C27H30N4O3/c1-15(2)18-11-13-19(14-12-18)22-21(25(32)29-20-10-8-7-9-16(20)3)17(4)28-24-23(22)26(33)31(6)27(34)30(24)5/h7-15,22,28H,1-6H3,(H,29,32)/t22-/m1/s1. The van der Waals surface area contributed by atoms with Crippen LogP contribution in [0.2, 0.25) is 0 Å². The lowest BCUT2D eigenvalue weighted by molar-refractivity contribution is -0.113. The zero-order chi connectivity index (χ0) is 24.7. The van der Waals surface area contributed by atoms with Crippen molar-refractivity contribution < 1.29 is 4.79 Å². The van der Waals surface area contributed by atoms with Crippen molar-refractivity contribution in [1.82, 2.24) is 9.13 Å². The third-order valence-corrected chi connectivity index (χ3v) is 6.56. The molecule has 0 unspecified atom stereocenters. The summed E-state index contributed by atoms with van der Waals surface area (Å²) in [4.78, 5) is 39.7. The largest absolute Gasteiger partial charge is 0.344 e. The molecule has 0 spiro atoms. The molecule has 3 aromatic rings. The highest BCUT2D eigenvalue weighted by atomic mass is 16.2. The molecule has 7 nitrogen and oxygen atoms in total. The predicted molar refractivity (Wildman–Crippen MR) is 135 cm³/mol. The predicted octanol–water partition coefficient (Wildman–Crippen LogP) is 3.99. The fourth-order valence-corrected chi connectivity index (χ4v) is 4.50. The van der Waals surface area contributed by atoms with E-state index < -0.39 is 17.2 Å². The Morgan fingerprint density at radius 1 is 0.971 bits per heavy atom. The summed E-state index contributed by atoms with van der Waals surface area (Å²) >= 11 is 0. The number of anilines is 2. The summed E-state index contributed by atoms with van der Waals surface area (Å²) in [7, 11) is 3.08. The van der Waals surface area contributed by atoms with Crippen LogP contribution >= 0.6 is 0 Å². The van der Waals surface area contributed by atoms with E-state index in [1.165, 1.54) is 11.6 Å². The van der Waals surface area contributed by atoms with Crippen molar-refractivity contribution in [1.29, 1.82) is 0 Å². The molecule has 7 heteroatoms. The maximum atomic E-state index is 13.7. The zero-order valence-corrected chi connectivity index (χ0v) is 20.4. The zero-order valence-electron chi connectivity index (χ0n) is 20.4. The van der Waals surface area contributed by atoms with Gasteiger partial charge in [0.2, 0.25) is 0 Å². The minimum absolute atomic E-state index is 0.293. The van der Waals surface area contributed by atoms with E-state index in [-0.39, 0.29) is 5.91 Å². The Bertz CT molecular complexity index is 1430. The molecule has 1 aliphatic heterocycles. The SMILES string of the molecule is CC1=C(C(=O)Nc2ccccc2C)[C@@H](c2ccc(C(C)C)cc2)c2c(n(C)c(=O)n(C)c2=O)N1. The number of carbonyl (C=O) groups excluding carboxylic acids is 1. The smallest absolute Gasteiger partial charge is 0.332 e. The molecule has 1 atom stereocenters. The van der Waals surface area contributed by atoms with Gasteiger partial charge in [-0.25, -0.2) is 4.79 Å². The van der Waals surface area contributed by atoms with Crippen molar-refractivity contribution in [2.75, 3.05) is 10.6 Å². The Kier molecular flexibility index (Phi) is 6.04. The number of fused-ring (bicyclic) bond motifs is 1. The first-order valence-corrected chi connectivity index (χ1v) is 11.4. The number of benzene rings is 2. The Labute approximate surface area is 198 Å². The lowest BCUT2D eigenvalue weighted by atomic mass is 9.81. The third kappa shape index (κ3) is 3.87. The van der Waals surface area contributed by atoms with Crippen LogP contribution in [-0.2, 0) is 18.9 Å². The maximum absolute atomic E-state index is 13.7. The van der Waals surface area contributed by atoms with Crippen LogP contribution in [-0.4, -0.2) is 15.0 Å². The molecule has 0 bridgehead atoms. The van der Waals surface area contributed by atoms with Gasteiger partial charge >= 0.3 is 5.69 Å². The fraction of sp³-hybridized carbons (Fsp3) is 0.296. The number of nitrogens with zero attached hydrogens (tertiary/aromatic N) is 2. The van der Waals surface area contributed by atoms with Gasteiger partial charge in [-0.2, -0.15) is 0 Å². The van der Waals surface area contributed by atoms with Crippen LogP contribution in [0.15, 0.2) is 69.4 Å². The summed E-state index contributed by atoms with van der Waals surface area (Å²) < 4.78 is 2.51. The summed E-state index contributed by atoms with van der Waals surface area (Å²) in [5.74, 6) is -0.161. The number of aromatic nitrogens is 2. The number of para-hydroxylation sites is 1. The van der Waals surface area contributed by atoms with Crippen LogP contribution < -0.4 is 21.9 Å². The molecule has 0 radical (unpaired) electrons. The van der Waals surface area contributed by atoms with Gasteiger partial charge in [-0.15, -0.1) is 0 Å². The van der Waals surface area contributed by atoms with Crippen molar-refractivity contribution in [2.24, 2.45) is 14.1 Å². The van der Waals surface area contributed by atoms with E-state index in [2.05, 4.69) is 24.5 Å². The lowest BCUT2D eigenvalue weighted by Gasteiger charge is -2.31. The second-order valence-corrected chi connectivity index (χ2v) is 9.16. The van der Waals surface area contributed by atoms with E-state index in [9.17, 15) is 14.4 Å². The van der Waals surface area contributed by atoms with Gasteiger partial charge in [0.15, 0.2) is 0 Å². The Morgan fingerprint density at radius 3 is 2.24 bits per heavy atom. The van der Waals surface area contributed by atoms with Crippen LogP contribution in [0.3, 0.4) is 0 Å². The first-order chi connectivity index (χ1) is 16.1. The number of nitrogens with one attached hydrogen (secondary N) is 2. The number of amides is 1. The van der Waals surface area contributed by atoms with Crippen LogP contribution in [0.1, 0.15) is 54.9 Å². The molecule has 2 heterocycles. The number of rotatable bonds is 4. The molecule has 2 aromatic carbocycles. The van der Waals surface area contributed by atoms with E-state index in [1.54, 1.807) is 14.0 Å². The number of carbonyl (C=O) groups is 1. The maximum Gasteiger partial charge on any atom is 0.332 e. The molecular weight excluding hydrogens is 428 g/mol. The summed E-state index contributed by atoms with van der Waals surface area (Å²) in [6, 6.07) is 15.5. The minimum Gasteiger partial charge on any atom is -0.344 e. The quantitative estimate of drug-likeness (QED) is 0.619. The molecule has 176 valence electrons. The van der Waals surface area contributed by atoms with E-state index >= 15 is 0 Å². The summed E-state index contributed by atoms with van der Waals surface area (Å²) in [6.07, 6.45) is 0. The molecule has 0 fully saturated rings. The molecule has 0 aliphatic carbocycles. The van der Waals surface area contributed by atoms with Gasteiger partial charge in [-0.1, -0.05) is 56.3 Å². The highest BCUT2D eigenvalue weighted by molar-refractivity contribution is 6.07. The van der Waals surface area contributed by atoms with Gasteiger partial charge in [0, 0.05) is 31.1 Å². The summed E-state index contributed by atoms with van der Waals surface area (Å²) in [5.41, 5.74) is 4.21. The number of hydrogen-bond donors (Lipinski definition) is 2. The molecule has 0 saturated carbocycles. The average molecular weight is 459 g/mol. The summed E-state index contributed by atoms with van der Waals surface area (Å²) in [6.45, 7) is 7.96. The van der Waals surface area contributed by atoms with Crippen molar-refractivity contribution in [3.05, 3.63) is 103 Å². The molecule has 2 N–H and O–H groups in total. The highest BCUT2D eigenvalue weighted by Gasteiger charge is 2.36. The Hall–Kier alpha value is -3.87.